The Morgan fingerprint density at radius 1 is 0.865 bits per heavy atom. The Morgan fingerprint density at radius 3 is 2.59 bits per heavy atom. The molecule has 6 aromatic rings. The zero-order chi connectivity index (χ0) is 24.8. The summed E-state index contributed by atoms with van der Waals surface area (Å²) in [4.78, 5) is 23.7. The molecule has 5 aromatic heterocycles. The van der Waals surface area contributed by atoms with Crippen LogP contribution in [-0.4, -0.2) is 53.1 Å². The molecule has 0 radical (unpaired) electrons. The molecule has 0 saturated carbocycles. The van der Waals surface area contributed by atoms with E-state index in [1.54, 1.807) is 24.8 Å². The first kappa shape index (κ1) is 21.8. The van der Waals surface area contributed by atoms with Gasteiger partial charge < -0.3 is 4.98 Å². The SMILES string of the molecule is Fc1cc(-c2cncc(CN3CCCC3)c2)cc2c(-c3nc4c(-c5ccncc5)nccc4[nH]3)[nH]nc12. The van der Waals surface area contributed by atoms with Gasteiger partial charge in [-0.1, -0.05) is 0 Å². The summed E-state index contributed by atoms with van der Waals surface area (Å²) < 4.78 is 15.2. The average Bonchev–Trinajstić information content (AvgIpc) is 3.69. The minimum Gasteiger partial charge on any atom is -0.337 e. The molecule has 0 unspecified atom stereocenters. The smallest absolute Gasteiger partial charge is 0.157 e. The lowest BCUT2D eigenvalue weighted by Crippen LogP contribution is -2.18. The highest BCUT2D eigenvalue weighted by molar-refractivity contribution is 5.97. The van der Waals surface area contributed by atoms with E-state index in [9.17, 15) is 0 Å². The minimum atomic E-state index is -0.393. The van der Waals surface area contributed by atoms with E-state index in [-0.39, 0.29) is 5.52 Å². The fourth-order valence-corrected chi connectivity index (χ4v) is 5.13. The molecule has 0 amide bonds. The maximum Gasteiger partial charge on any atom is 0.157 e. The number of imidazole rings is 1. The Balaban J connectivity index is 1.31. The number of likely N-dealkylation sites (tertiary alicyclic amines) is 1. The van der Waals surface area contributed by atoms with Crippen molar-refractivity contribution in [1.29, 1.82) is 0 Å². The van der Waals surface area contributed by atoms with E-state index in [1.165, 1.54) is 18.9 Å². The van der Waals surface area contributed by atoms with Gasteiger partial charge >= 0.3 is 0 Å². The highest BCUT2D eigenvalue weighted by Gasteiger charge is 2.19. The van der Waals surface area contributed by atoms with Gasteiger partial charge in [0.05, 0.1) is 11.2 Å². The third-order valence-corrected chi connectivity index (χ3v) is 6.94. The van der Waals surface area contributed by atoms with Crippen LogP contribution in [0.25, 0.3) is 55.8 Å². The molecule has 37 heavy (non-hydrogen) atoms. The Bertz CT molecular complexity index is 1730. The molecule has 0 aliphatic carbocycles. The predicted molar refractivity (Wildman–Crippen MR) is 140 cm³/mol. The summed E-state index contributed by atoms with van der Waals surface area (Å²) in [7, 11) is 0. The zero-order valence-electron chi connectivity index (χ0n) is 19.9. The molecule has 8 nitrogen and oxygen atoms in total. The second-order valence-corrected chi connectivity index (χ2v) is 9.39. The summed E-state index contributed by atoms with van der Waals surface area (Å²) in [6.07, 6.45) is 11.3. The van der Waals surface area contributed by atoms with Gasteiger partial charge in [-0.2, -0.15) is 5.10 Å². The number of hydrogen-bond donors (Lipinski definition) is 2. The van der Waals surface area contributed by atoms with Crippen molar-refractivity contribution in [3.05, 3.63) is 78.8 Å². The molecule has 182 valence electrons. The highest BCUT2D eigenvalue weighted by Crippen LogP contribution is 2.33. The van der Waals surface area contributed by atoms with Crippen molar-refractivity contribution in [3.63, 3.8) is 0 Å². The van der Waals surface area contributed by atoms with E-state index >= 15 is 4.39 Å². The number of H-pyrrole nitrogens is 2. The monoisotopic (exact) mass is 490 g/mol. The molecule has 2 N–H and O–H groups in total. The van der Waals surface area contributed by atoms with Gasteiger partial charge in [0.15, 0.2) is 11.6 Å². The zero-order valence-corrected chi connectivity index (χ0v) is 19.9. The standard InChI is InChI=1S/C28H23FN8/c29-22-13-19(20-11-17(14-31-15-20)16-37-9-1-2-10-37)12-21-25(22)35-36-26(21)28-33-23-5-8-32-24(27(23)34-28)18-3-6-30-7-4-18/h3-8,11-15H,1-2,9-10,16H2,(H,33,34)(H,35,36). The van der Waals surface area contributed by atoms with Gasteiger partial charge in [0.1, 0.15) is 16.7 Å². The number of fused-ring (bicyclic) bond motifs is 2. The van der Waals surface area contributed by atoms with Crippen molar-refractivity contribution >= 4 is 21.9 Å². The third kappa shape index (κ3) is 3.93. The molecule has 7 rings (SSSR count). The van der Waals surface area contributed by atoms with Crippen molar-refractivity contribution in [3.8, 4) is 33.9 Å². The number of rotatable bonds is 5. The number of benzene rings is 1. The van der Waals surface area contributed by atoms with Crippen LogP contribution in [0.15, 0.2) is 67.4 Å². The third-order valence-electron chi connectivity index (χ3n) is 6.94. The number of aromatic nitrogens is 7. The van der Waals surface area contributed by atoms with Crippen LogP contribution in [0.4, 0.5) is 4.39 Å². The molecule has 6 heterocycles. The lowest BCUT2D eigenvalue weighted by molar-refractivity contribution is 0.331. The summed E-state index contributed by atoms with van der Waals surface area (Å²) in [6.45, 7) is 3.08. The molecular weight excluding hydrogens is 467 g/mol. The molecule has 1 saturated heterocycles. The Hall–Kier alpha value is -4.50. The number of hydrogen-bond acceptors (Lipinski definition) is 6. The summed E-state index contributed by atoms with van der Waals surface area (Å²) in [5.41, 5.74) is 6.86. The van der Waals surface area contributed by atoms with Crippen LogP contribution in [0, 0.1) is 5.82 Å². The summed E-state index contributed by atoms with van der Waals surface area (Å²) in [6, 6.07) is 11.2. The highest BCUT2D eigenvalue weighted by atomic mass is 19.1. The van der Waals surface area contributed by atoms with Crippen LogP contribution in [0.2, 0.25) is 0 Å². The van der Waals surface area contributed by atoms with Crippen LogP contribution in [0.1, 0.15) is 18.4 Å². The van der Waals surface area contributed by atoms with Crippen molar-refractivity contribution in [2.45, 2.75) is 19.4 Å². The molecule has 0 atom stereocenters. The number of halogens is 1. The first-order valence-electron chi connectivity index (χ1n) is 12.3. The van der Waals surface area contributed by atoms with E-state index in [4.69, 9.17) is 4.98 Å². The number of pyridine rings is 3. The second-order valence-electron chi connectivity index (χ2n) is 9.39. The van der Waals surface area contributed by atoms with Crippen molar-refractivity contribution in [2.75, 3.05) is 13.1 Å². The fraction of sp³-hybridized carbons (Fsp3) is 0.179. The van der Waals surface area contributed by atoms with Crippen LogP contribution >= 0.6 is 0 Å². The predicted octanol–water partition coefficient (Wildman–Crippen LogP) is 5.36. The Labute approximate surface area is 211 Å². The molecule has 1 aliphatic rings. The molecule has 1 fully saturated rings. The molecule has 0 spiro atoms. The molecule has 9 heteroatoms. The fourth-order valence-electron chi connectivity index (χ4n) is 5.13. The molecule has 1 aliphatic heterocycles. The lowest BCUT2D eigenvalue weighted by atomic mass is 10.0. The maximum atomic E-state index is 15.2. The summed E-state index contributed by atoms with van der Waals surface area (Å²) >= 11 is 0. The number of nitrogens with one attached hydrogen (secondary N) is 2. The second kappa shape index (κ2) is 8.86. The Morgan fingerprint density at radius 2 is 1.73 bits per heavy atom. The topological polar surface area (TPSA) is 99.3 Å². The Kier molecular flexibility index (Phi) is 5.21. The number of aromatic amines is 2. The molecule has 1 aromatic carbocycles. The van der Waals surface area contributed by atoms with Gasteiger partial charge in [-0.15, -0.1) is 0 Å². The minimum absolute atomic E-state index is 0.271. The van der Waals surface area contributed by atoms with Gasteiger partial charge in [-0.25, -0.2) is 9.37 Å². The van der Waals surface area contributed by atoms with Gasteiger partial charge in [0.25, 0.3) is 0 Å². The maximum absolute atomic E-state index is 15.2. The van der Waals surface area contributed by atoms with Gasteiger partial charge in [0.2, 0.25) is 0 Å². The largest absolute Gasteiger partial charge is 0.337 e. The first-order chi connectivity index (χ1) is 18.2. The van der Waals surface area contributed by atoms with Gasteiger partial charge in [-0.05, 0) is 73.5 Å². The summed E-state index contributed by atoms with van der Waals surface area (Å²) in [5.74, 6) is 0.175. The van der Waals surface area contributed by atoms with Crippen LogP contribution < -0.4 is 0 Å². The number of nitrogens with zero attached hydrogens (tertiary/aromatic N) is 6. The van der Waals surface area contributed by atoms with Gasteiger partial charge in [-0.3, -0.25) is 25.0 Å². The molecular formula is C28H23FN8. The van der Waals surface area contributed by atoms with E-state index in [2.05, 4.69) is 41.1 Å². The van der Waals surface area contributed by atoms with Crippen LogP contribution in [0.3, 0.4) is 0 Å². The van der Waals surface area contributed by atoms with E-state index in [1.807, 2.05) is 30.5 Å². The van der Waals surface area contributed by atoms with E-state index in [0.717, 1.165) is 58.6 Å². The summed E-state index contributed by atoms with van der Waals surface area (Å²) in [5, 5.41) is 7.90. The quantitative estimate of drug-likeness (QED) is 0.338. The normalized spacial score (nSPS) is 14.2. The van der Waals surface area contributed by atoms with Crippen LogP contribution in [-0.2, 0) is 6.54 Å². The van der Waals surface area contributed by atoms with Crippen molar-refractivity contribution < 1.29 is 4.39 Å². The van der Waals surface area contributed by atoms with Crippen molar-refractivity contribution in [2.24, 2.45) is 0 Å². The van der Waals surface area contributed by atoms with Crippen molar-refractivity contribution in [1.82, 2.24) is 40.0 Å². The van der Waals surface area contributed by atoms with Gasteiger partial charge in [0, 0.05) is 54.0 Å². The lowest BCUT2D eigenvalue weighted by Gasteiger charge is -2.14. The average molecular weight is 491 g/mol. The first-order valence-corrected chi connectivity index (χ1v) is 12.3. The molecule has 0 bridgehead atoms. The van der Waals surface area contributed by atoms with E-state index in [0.29, 0.717) is 16.9 Å². The van der Waals surface area contributed by atoms with Crippen LogP contribution in [0.5, 0.6) is 0 Å². The van der Waals surface area contributed by atoms with E-state index < -0.39 is 5.82 Å².